The van der Waals surface area contributed by atoms with E-state index in [0.717, 1.165) is 17.5 Å². The fourth-order valence-electron chi connectivity index (χ4n) is 1.37. The van der Waals surface area contributed by atoms with Gasteiger partial charge in [0.15, 0.2) is 0 Å². The molecule has 0 fully saturated rings. The van der Waals surface area contributed by atoms with Crippen LogP contribution in [0.2, 0.25) is 0 Å². The number of nitrogens with zero attached hydrogens (tertiary/aromatic N) is 3. The average Bonchev–Trinajstić information content (AvgIpc) is 2.87. The molecule has 0 bridgehead atoms. The molecule has 0 aliphatic heterocycles. The number of hydrogen-bond acceptors (Lipinski definition) is 5. The van der Waals surface area contributed by atoms with Gasteiger partial charge in [-0.15, -0.1) is 0 Å². The van der Waals surface area contributed by atoms with E-state index in [0.29, 0.717) is 24.6 Å². The number of unbranched alkanes of at least 4 members (excludes halogenated alkanes) is 1. The third-order valence-corrected chi connectivity index (χ3v) is 3.11. The molecule has 0 unspecified atom stereocenters. The molecule has 0 spiro atoms. The van der Waals surface area contributed by atoms with Crippen LogP contribution in [-0.2, 0) is 6.42 Å². The van der Waals surface area contributed by atoms with Gasteiger partial charge in [-0.1, -0.05) is 5.16 Å². The van der Waals surface area contributed by atoms with Crippen molar-refractivity contribution in [2.24, 2.45) is 0 Å². The Hall–Kier alpha value is -1.67. The maximum atomic E-state index is 8.42. The van der Waals surface area contributed by atoms with Crippen LogP contribution in [0, 0.1) is 18.3 Å². The normalized spacial score (nSPS) is 10.2. The third kappa shape index (κ3) is 2.28. The van der Waals surface area contributed by atoms with Crippen LogP contribution in [-0.4, -0.2) is 10.1 Å². The van der Waals surface area contributed by atoms with Gasteiger partial charge >= 0.3 is 0 Å². The standard InChI is InChI=1S/C11H11N3OS/c1-8-6-16-7-9(8)11-13-10(15-14-11)4-2-3-5-12/h6-7H,2-4H2,1H3. The number of hydrogen-bond donors (Lipinski definition) is 0. The summed E-state index contributed by atoms with van der Waals surface area (Å²) in [5.74, 6) is 1.25. The molecule has 82 valence electrons. The van der Waals surface area contributed by atoms with Crippen LogP contribution in [0.3, 0.4) is 0 Å². The van der Waals surface area contributed by atoms with Crippen molar-refractivity contribution in [2.75, 3.05) is 0 Å². The molecular weight excluding hydrogens is 222 g/mol. The van der Waals surface area contributed by atoms with Gasteiger partial charge in [-0.3, -0.25) is 0 Å². The highest BCUT2D eigenvalue weighted by Gasteiger charge is 2.10. The Balaban J connectivity index is 2.09. The third-order valence-electron chi connectivity index (χ3n) is 2.24. The Morgan fingerprint density at radius 1 is 1.50 bits per heavy atom. The second-order valence-corrected chi connectivity index (χ2v) is 4.24. The SMILES string of the molecule is Cc1cscc1-c1noc(CCCC#N)n1. The van der Waals surface area contributed by atoms with E-state index in [1.165, 1.54) is 0 Å². The van der Waals surface area contributed by atoms with Crippen molar-refractivity contribution in [2.45, 2.75) is 26.2 Å². The second kappa shape index (κ2) is 4.90. The number of nitriles is 1. The van der Waals surface area contributed by atoms with Crippen LogP contribution in [0.4, 0.5) is 0 Å². The van der Waals surface area contributed by atoms with Crippen LogP contribution in [0.1, 0.15) is 24.3 Å². The first-order chi connectivity index (χ1) is 7.81. The summed E-state index contributed by atoms with van der Waals surface area (Å²) in [5, 5.41) is 16.4. The van der Waals surface area contributed by atoms with Gasteiger partial charge < -0.3 is 4.52 Å². The molecule has 2 aromatic heterocycles. The zero-order valence-corrected chi connectivity index (χ0v) is 9.75. The number of rotatable bonds is 4. The van der Waals surface area contributed by atoms with E-state index in [1.807, 2.05) is 12.3 Å². The summed E-state index contributed by atoms with van der Waals surface area (Å²) in [6.45, 7) is 2.03. The highest BCUT2D eigenvalue weighted by Crippen LogP contribution is 2.24. The highest BCUT2D eigenvalue weighted by molar-refractivity contribution is 7.08. The molecule has 5 heteroatoms. The Labute approximate surface area is 97.5 Å². The Bertz CT molecular complexity index is 509. The second-order valence-electron chi connectivity index (χ2n) is 3.49. The van der Waals surface area contributed by atoms with Crippen molar-refractivity contribution in [3.8, 4) is 17.5 Å². The maximum absolute atomic E-state index is 8.42. The van der Waals surface area contributed by atoms with E-state index >= 15 is 0 Å². The Morgan fingerprint density at radius 2 is 2.38 bits per heavy atom. The quantitative estimate of drug-likeness (QED) is 0.761. The van der Waals surface area contributed by atoms with Gasteiger partial charge in [0.05, 0.1) is 6.07 Å². The summed E-state index contributed by atoms with van der Waals surface area (Å²) >= 11 is 1.63. The number of aromatic nitrogens is 2. The lowest BCUT2D eigenvalue weighted by Gasteiger charge is -1.89. The smallest absolute Gasteiger partial charge is 0.226 e. The van der Waals surface area contributed by atoms with Gasteiger partial charge in [-0.25, -0.2) is 0 Å². The lowest BCUT2D eigenvalue weighted by Crippen LogP contribution is -1.85. The van der Waals surface area contributed by atoms with Gasteiger partial charge in [0.1, 0.15) is 0 Å². The minimum Gasteiger partial charge on any atom is -0.339 e. The lowest BCUT2D eigenvalue weighted by atomic mass is 10.2. The van der Waals surface area contributed by atoms with E-state index in [-0.39, 0.29) is 0 Å². The molecule has 0 radical (unpaired) electrons. The first-order valence-electron chi connectivity index (χ1n) is 5.04. The average molecular weight is 233 g/mol. The molecule has 0 aliphatic rings. The lowest BCUT2D eigenvalue weighted by molar-refractivity contribution is 0.376. The van der Waals surface area contributed by atoms with Crippen LogP contribution in [0.15, 0.2) is 15.3 Å². The molecule has 2 heterocycles. The fraction of sp³-hybridized carbons (Fsp3) is 0.364. The van der Waals surface area contributed by atoms with Crippen LogP contribution < -0.4 is 0 Å². The largest absolute Gasteiger partial charge is 0.339 e. The summed E-state index contributed by atoms with van der Waals surface area (Å²) in [6, 6.07) is 2.09. The molecule has 0 amide bonds. The number of thiophene rings is 1. The van der Waals surface area contributed by atoms with Crippen LogP contribution in [0.25, 0.3) is 11.4 Å². The molecule has 0 aromatic carbocycles. The molecule has 0 N–H and O–H groups in total. The zero-order valence-electron chi connectivity index (χ0n) is 8.93. The van der Waals surface area contributed by atoms with E-state index in [4.69, 9.17) is 9.78 Å². The van der Waals surface area contributed by atoms with E-state index < -0.39 is 0 Å². The molecule has 2 aromatic rings. The van der Waals surface area contributed by atoms with Crippen molar-refractivity contribution >= 4 is 11.3 Å². The Morgan fingerprint density at radius 3 is 3.06 bits per heavy atom. The van der Waals surface area contributed by atoms with Crippen molar-refractivity contribution in [3.05, 3.63) is 22.2 Å². The van der Waals surface area contributed by atoms with Crippen molar-refractivity contribution in [1.29, 1.82) is 5.26 Å². The monoisotopic (exact) mass is 233 g/mol. The van der Waals surface area contributed by atoms with Crippen molar-refractivity contribution in [3.63, 3.8) is 0 Å². The van der Waals surface area contributed by atoms with Crippen molar-refractivity contribution in [1.82, 2.24) is 10.1 Å². The molecule has 2 rings (SSSR count). The molecule has 0 saturated carbocycles. The zero-order chi connectivity index (χ0) is 11.4. The predicted octanol–water partition coefficient (Wildman–Crippen LogP) is 2.95. The van der Waals surface area contributed by atoms with Gasteiger partial charge in [-0.05, 0) is 24.3 Å². The summed E-state index contributed by atoms with van der Waals surface area (Å²) in [4.78, 5) is 4.30. The molecule has 16 heavy (non-hydrogen) atoms. The van der Waals surface area contributed by atoms with Gasteiger partial charge in [0.25, 0.3) is 0 Å². The first-order valence-corrected chi connectivity index (χ1v) is 5.98. The fourth-order valence-corrected chi connectivity index (χ4v) is 2.20. The van der Waals surface area contributed by atoms with E-state index in [1.54, 1.807) is 11.3 Å². The maximum Gasteiger partial charge on any atom is 0.226 e. The van der Waals surface area contributed by atoms with Crippen LogP contribution in [0.5, 0.6) is 0 Å². The molecule has 0 saturated heterocycles. The summed E-state index contributed by atoms with van der Waals surface area (Å²) in [7, 11) is 0. The molecular formula is C11H11N3OS. The highest BCUT2D eigenvalue weighted by atomic mass is 32.1. The van der Waals surface area contributed by atoms with E-state index in [2.05, 4.69) is 21.6 Å². The summed E-state index contributed by atoms with van der Waals surface area (Å²) in [6.07, 6.45) is 1.96. The molecule has 0 atom stereocenters. The van der Waals surface area contributed by atoms with Gasteiger partial charge in [-0.2, -0.15) is 21.6 Å². The summed E-state index contributed by atoms with van der Waals surface area (Å²) in [5.41, 5.74) is 2.19. The van der Waals surface area contributed by atoms with Gasteiger partial charge in [0, 0.05) is 23.8 Å². The van der Waals surface area contributed by atoms with Gasteiger partial charge in [0.2, 0.25) is 11.7 Å². The van der Waals surface area contributed by atoms with E-state index in [9.17, 15) is 0 Å². The van der Waals surface area contributed by atoms with Crippen molar-refractivity contribution < 1.29 is 4.52 Å². The minimum absolute atomic E-state index is 0.523. The Kier molecular flexibility index (Phi) is 3.32. The predicted molar refractivity (Wildman–Crippen MR) is 60.9 cm³/mol. The number of aryl methyl sites for hydroxylation is 2. The topological polar surface area (TPSA) is 62.7 Å². The summed E-state index contributed by atoms with van der Waals surface area (Å²) < 4.78 is 5.12. The molecule has 0 aliphatic carbocycles. The van der Waals surface area contributed by atoms with Crippen LogP contribution >= 0.6 is 11.3 Å². The minimum atomic E-state index is 0.523. The molecule has 4 nitrogen and oxygen atoms in total. The first kappa shape index (κ1) is 10.8.